The van der Waals surface area contributed by atoms with Gasteiger partial charge in [-0.3, -0.25) is 4.79 Å². The molecule has 2 aliphatic rings. The van der Waals surface area contributed by atoms with Gasteiger partial charge >= 0.3 is 0 Å². The van der Waals surface area contributed by atoms with Crippen LogP contribution in [0.4, 0.5) is 0 Å². The van der Waals surface area contributed by atoms with Gasteiger partial charge in [0.15, 0.2) is 0 Å². The van der Waals surface area contributed by atoms with Gasteiger partial charge in [-0.15, -0.1) is 0 Å². The Labute approximate surface area is 91.8 Å². The number of hydrogen-bond donors (Lipinski definition) is 2. The number of nitrogens with two attached hydrogens (primary N) is 1. The fourth-order valence-electron chi connectivity index (χ4n) is 3.17. The summed E-state index contributed by atoms with van der Waals surface area (Å²) >= 11 is 0. The van der Waals surface area contributed by atoms with Crippen molar-refractivity contribution in [2.75, 3.05) is 0 Å². The van der Waals surface area contributed by atoms with E-state index in [1.165, 1.54) is 32.1 Å². The number of amides is 1. The molecule has 0 spiro atoms. The lowest BCUT2D eigenvalue weighted by molar-refractivity contribution is -0.123. The zero-order chi connectivity index (χ0) is 10.8. The summed E-state index contributed by atoms with van der Waals surface area (Å²) in [4.78, 5) is 11.5. The number of carbonyl (C=O) groups excluding carboxylic acids is 1. The highest BCUT2D eigenvalue weighted by Gasteiger charge is 2.34. The van der Waals surface area contributed by atoms with E-state index in [9.17, 15) is 4.79 Å². The highest BCUT2D eigenvalue weighted by atomic mass is 16.2. The molecular weight excluding hydrogens is 188 g/mol. The van der Waals surface area contributed by atoms with Gasteiger partial charge in [0, 0.05) is 6.04 Å². The second-order valence-corrected chi connectivity index (χ2v) is 5.26. The molecule has 0 heterocycles. The van der Waals surface area contributed by atoms with Crippen LogP contribution in [-0.2, 0) is 4.79 Å². The number of carbonyl (C=O) groups is 1. The van der Waals surface area contributed by atoms with Crippen LogP contribution in [0.25, 0.3) is 0 Å². The third-order valence-electron chi connectivity index (χ3n) is 4.05. The first-order valence-electron chi connectivity index (χ1n) is 6.22. The minimum atomic E-state index is -0.369. The molecule has 15 heavy (non-hydrogen) atoms. The third-order valence-corrected chi connectivity index (χ3v) is 4.05. The molecule has 0 saturated heterocycles. The van der Waals surface area contributed by atoms with Gasteiger partial charge in [-0.2, -0.15) is 0 Å². The average molecular weight is 210 g/mol. The van der Waals surface area contributed by atoms with Crippen LogP contribution in [0.3, 0.4) is 0 Å². The SMILES string of the molecule is C[C@@H](N)C(=O)NC1CCC2CCCC2C1. The molecule has 0 bridgehead atoms. The molecule has 0 aromatic heterocycles. The maximum atomic E-state index is 11.5. The smallest absolute Gasteiger partial charge is 0.236 e. The molecule has 3 heteroatoms. The summed E-state index contributed by atoms with van der Waals surface area (Å²) in [6.45, 7) is 1.75. The highest BCUT2D eigenvalue weighted by Crippen LogP contribution is 2.41. The van der Waals surface area contributed by atoms with Gasteiger partial charge in [0.25, 0.3) is 0 Å². The molecule has 2 fully saturated rings. The number of nitrogens with one attached hydrogen (secondary N) is 1. The van der Waals surface area contributed by atoms with Gasteiger partial charge in [-0.05, 0) is 38.0 Å². The zero-order valence-corrected chi connectivity index (χ0v) is 9.54. The van der Waals surface area contributed by atoms with E-state index in [4.69, 9.17) is 5.73 Å². The van der Waals surface area contributed by atoms with Gasteiger partial charge in [0.1, 0.15) is 0 Å². The van der Waals surface area contributed by atoms with Crippen molar-refractivity contribution in [1.29, 1.82) is 0 Å². The molecule has 1 amide bonds. The lowest BCUT2D eigenvalue weighted by Crippen LogP contribution is -2.46. The summed E-state index contributed by atoms with van der Waals surface area (Å²) in [6.07, 6.45) is 7.81. The van der Waals surface area contributed by atoms with E-state index in [-0.39, 0.29) is 11.9 Å². The maximum absolute atomic E-state index is 11.5. The monoisotopic (exact) mass is 210 g/mol. The van der Waals surface area contributed by atoms with Crippen LogP contribution < -0.4 is 11.1 Å². The van der Waals surface area contributed by atoms with Crippen molar-refractivity contribution < 1.29 is 4.79 Å². The summed E-state index contributed by atoms with van der Waals surface area (Å²) in [5, 5.41) is 3.07. The molecular formula is C12H22N2O. The van der Waals surface area contributed by atoms with Crippen LogP contribution >= 0.6 is 0 Å². The van der Waals surface area contributed by atoms with E-state index in [0.29, 0.717) is 6.04 Å². The van der Waals surface area contributed by atoms with Crippen molar-refractivity contribution in [1.82, 2.24) is 5.32 Å². The van der Waals surface area contributed by atoms with Crippen LogP contribution in [-0.4, -0.2) is 18.0 Å². The van der Waals surface area contributed by atoms with Gasteiger partial charge in [-0.25, -0.2) is 0 Å². The molecule has 2 rings (SSSR count). The summed E-state index contributed by atoms with van der Waals surface area (Å²) in [5.74, 6) is 1.84. The van der Waals surface area contributed by atoms with Gasteiger partial charge in [0.2, 0.25) is 5.91 Å². The van der Waals surface area contributed by atoms with Crippen molar-refractivity contribution in [3.8, 4) is 0 Å². The minimum absolute atomic E-state index is 0.0106. The topological polar surface area (TPSA) is 55.1 Å². The van der Waals surface area contributed by atoms with Crippen molar-refractivity contribution in [3.05, 3.63) is 0 Å². The van der Waals surface area contributed by atoms with E-state index in [2.05, 4.69) is 5.32 Å². The number of hydrogen-bond acceptors (Lipinski definition) is 2. The first-order valence-corrected chi connectivity index (χ1v) is 6.22. The molecule has 0 aromatic rings. The lowest BCUT2D eigenvalue weighted by atomic mass is 9.79. The van der Waals surface area contributed by atoms with Crippen LogP contribution in [0.15, 0.2) is 0 Å². The molecule has 2 saturated carbocycles. The van der Waals surface area contributed by atoms with Gasteiger partial charge in [0.05, 0.1) is 6.04 Å². The minimum Gasteiger partial charge on any atom is -0.352 e. The third kappa shape index (κ3) is 2.51. The summed E-state index contributed by atoms with van der Waals surface area (Å²) in [7, 11) is 0. The molecule has 4 atom stereocenters. The quantitative estimate of drug-likeness (QED) is 0.724. The molecule has 2 aliphatic carbocycles. The summed E-state index contributed by atoms with van der Waals surface area (Å²) in [6, 6.07) is 0.0224. The first kappa shape index (κ1) is 10.9. The van der Waals surface area contributed by atoms with Crippen LogP contribution in [0, 0.1) is 11.8 Å². The molecule has 0 aliphatic heterocycles. The fraction of sp³-hybridized carbons (Fsp3) is 0.917. The predicted octanol–water partition coefficient (Wildman–Crippen LogP) is 1.42. The van der Waals surface area contributed by atoms with Crippen LogP contribution in [0.2, 0.25) is 0 Å². The first-order chi connectivity index (χ1) is 7.16. The van der Waals surface area contributed by atoms with E-state index in [0.717, 1.165) is 18.3 Å². The molecule has 0 radical (unpaired) electrons. The Bertz CT molecular complexity index is 240. The lowest BCUT2D eigenvalue weighted by Gasteiger charge is -2.32. The second kappa shape index (κ2) is 4.52. The largest absolute Gasteiger partial charge is 0.352 e. The molecule has 3 unspecified atom stereocenters. The Hall–Kier alpha value is -0.570. The Morgan fingerprint density at radius 2 is 2.00 bits per heavy atom. The molecule has 3 N–H and O–H groups in total. The molecule has 3 nitrogen and oxygen atoms in total. The Kier molecular flexibility index (Phi) is 3.29. The van der Waals surface area contributed by atoms with E-state index in [1.54, 1.807) is 6.92 Å². The normalized spacial score (nSPS) is 37.1. The standard InChI is InChI=1S/C12H22N2O/c1-8(13)12(15)14-11-6-5-9-3-2-4-10(9)7-11/h8-11H,2-7,13H2,1H3,(H,14,15)/t8-,9?,10?,11?/m1/s1. The van der Waals surface area contributed by atoms with Crippen LogP contribution in [0.5, 0.6) is 0 Å². The molecule has 86 valence electrons. The van der Waals surface area contributed by atoms with Crippen LogP contribution in [0.1, 0.15) is 45.4 Å². The fourth-order valence-corrected chi connectivity index (χ4v) is 3.17. The Balaban J connectivity index is 1.82. The summed E-state index contributed by atoms with van der Waals surface area (Å²) < 4.78 is 0. The van der Waals surface area contributed by atoms with Crippen molar-refractivity contribution in [2.45, 2.75) is 57.5 Å². The highest BCUT2D eigenvalue weighted by molar-refractivity contribution is 5.81. The maximum Gasteiger partial charge on any atom is 0.236 e. The molecule has 0 aromatic carbocycles. The second-order valence-electron chi connectivity index (χ2n) is 5.26. The van der Waals surface area contributed by atoms with E-state index >= 15 is 0 Å². The Morgan fingerprint density at radius 1 is 1.27 bits per heavy atom. The predicted molar refractivity (Wildman–Crippen MR) is 60.3 cm³/mol. The summed E-state index contributed by atoms with van der Waals surface area (Å²) in [5.41, 5.74) is 5.55. The average Bonchev–Trinajstić information content (AvgIpc) is 2.64. The van der Waals surface area contributed by atoms with Gasteiger partial charge < -0.3 is 11.1 Å². The van der Waals surface area contributed by atoms with Crippen molar-refractivity contribution in [3.63, 3.8) is 0 Å². The Morgan fingerprint density at radius 3 is 2.73 bits per heavy atom. The number of rotatable bonds is 2. The number of fused-ring (bicyclic) bond motifs is 1. The van der Waals surface area contributed by atoms with E-state index < -0.39 is 0 Å². The van der Waals surface area contributed by atoms with Crippen molar-refractivity contribution >= 4 is 5.91 Å². The van der Waals surface area contributed by atoms with E-state index in [1.807, 2.05) is 0 Å². The van der Waals surface area contributed by atoms with Gasteiger partial charge in [-0.1, -0.05) is 19.3 Å². The zero-order valence-electron chi connectivity index (χ0n) is 9.54. The van der Waals surface area contributed by atoms with Crippen molar-refractivity contribution in [2.24, 2.45) is 17.6 Å².